The molecule has 2 heterocycles. The van der Waals surface area contributed by atoms with Crippen LogP contribution in [-0.2, 0) is 24.4 Å². The van der Waals surface area contributed by atoms with E-state index in [1.165, 1.54) is 24.3 Å². The maximum Gasteiger partial charge on any atom is 0.323 e. The van der Waals surface area contributed by atoms with Crippen LogP contribution in [0.3, 0.4) is 0 Å². The lowest BCUT2D eigenvalue weighted by Crippen LogP contribution is -2.49. The number of aliphatic carboxylic acids is 1. The van der Waals surface area contributed by atoms with Crippen LogP contribution in [0.25, 0.3) is 11.1 Å². The summed E-state index contributed by atoms with van der Waals surface area (Å²) in [5.74, 6) is -1.37. The number of carbonyl (C=O) groups is 2. The Morgan fingerprint density at radius 2 is 1.86 bits per heavy atom. The van der Waals surface area contributed by atoms with Crippen molar-refractivity contribution in [2.24, 2.45) is 5.16 Å². The van der Waals surface area contributed by atoms with Crippen molar-refractivity contribution in [3.05, 3.63) is 64.4 Å². The number of halogens is 2. The van der Waals surface area contributed by atoms with Crippen molar-refractivity contribution < 1.29 is 28.0 Å². The molecule has 1 amide bonds. The zero-order valence-electron chi connectivity index (χ0n) is 22.6. The SMILES string of the molecule is Cc1cnc(NCCCCC2CC(C(=O)NCC(NS(=O)(=O)c3ccc(-c4c(Cl)cccc4Cl)cc3)C(=O)O)=NO2)[nH]1. The Hall–Kier alpha value is -3.65. The Balaban J connectivity index is 1.24. The van der Waals surface area contributed by atoms with Crippen LogP contribution in [0, 0.1) is 6.92 Å². The standard InChI is InChI=1S/C27H30Cl2N6O6S/c1-16-14-32-27(33-16)30-12-3-2-5-18-13-22(34-41-18)25(36)31-15-23(26(37)38)35-42(39,40)19-10-8-17(9-11-19)24-20(28)6-4-7-21(24)29/h4,6-11,14,18,23,35H,2-3,5,12-13,15H2,1H3,(H,31,36)(H,37,38)(H2,30,32,33). The quantitative estimate of drug-likeness (QED) is 0.165. The monoisotopic (exact) mass is 636 g/mol. The van der Waals surface area contributed by atoms with Crippen LogP contribution in [0.15, 0.2) is 58.7 Å². The van der Waals surface area contributed by atoms with E-state index in [0.29, 0.717) is 33.5 Å². The number of H-pyrrole nitrogens is 1. The Morgan fingerprint density at radius 3 is 2.50 bits per heavy atom. The predicted molar refractivity (Wildman–Crippen MR) is 159 cm³/mol. The minimum absolute atomic E-state index is 0.116. The Kier molecular flexibility index (Phi) is 10.4. The van der Waals surface area contributed by atoms with E-state index in [0.717, 1.165) is 25.1 Å². The molecule has 0 bridgehead atoms. The molecule has 0 radical (unpaired) electrons. The number of nitrogens with zero attached hydrogens (tertiary/aromatic N) is 2. The number of benzene rings is 2. The van der Waals surface area contributed by atoms with E-state index in [2.05, 4.69) is 30.5 Å². The van der Waals surface area contributed by atoms with Crippen molar-refractivity contribution in [1.82, 2.24) is 20.0 Å². The summed E-state index contributed by atoms with van der Waals surface area (Å²) in [5.41, 5.74) is 2.22. The Labute approximate surface area is 252 Å². The number of rotatable bonds is 14. The van der Waals surface area contributed by atoms with Crippen LogP contribution in [0.2, 0.25) is 10.0 Å². The highest BCUT2D eigenvalue weighted by Crippen LogP contribution is 2.34. The van der Waals surface area contributed by atoms with Gasteiger partial charge in [-0.3, -0.25) is 9.59 Å². The molecule has 0 saturated carbocycles. The molecule has 2 unspecified atom stereocenters. The van der Waals surface area contributed by atoms with Gasteiger partial charge in [-0.1, -0.05) is 46.6 Å². The second-order valence-corrected chi connectivity index (χ2v) is 12.2. The first-order chi connectivity index (χ1) is 20.0. The van der Waals surface area contributed by atoms with Gasteiger partial charge in [-0.2, -0.15) is 4.72 Å². The van der Waals surface area contributed by atoms with Gasteiger partial charge >= 0.3 is 5.97 Å². The average molecular weight is 638 g/mol. The van der Waals surface area contributed by atoms with Gasteiger partial charge in [-0.15, -0.1) is 0 Å². The summed E-state index contributed by atoms with van der Waals surface area (Å²) in [4.78, 5) is 36.8. The van der Waals surface area contributed by atoms with Gasteiger partial charge in [0.05, 0.1) is 4.90 Å². The number of carboxylic acids is 1. The van der Waals surface area contributed by atoms with Crippen molar-refractivity contribution in [2.45, 2.75) is 49.6 Å². The summed E-state index contributed by atoms with van der Waals surface area (Å²) in [6.45, 7) is 2.15. The van der Waals surface area contributed by atoms with Crippen LogP contribution in [0.5, 0.6) is 0 Å². The lowest BCUT2D eigenvalue weighted by molar-refractivity contribution is -0.138. The molecule has 1 aliphatic heterocycles. The van der Waals surface area contributed by atoms with E-state index >= 15 is 0 Å². The predicted octanol–water partition coefficient (Wildman–Crippen LogP) is 3.97. The van der Waals surface area contributed by atoms with E-state index in [1.807, 2.05) is 6.92 Å². The molecule has 2 atom stereocenters. The molecular weight excluding hydrogens is 607 g/mol. The van der Waals surface area contributed by atoms with Gasteiger partial charge < -0.3 is 25.6 Å². The lowest BCUT2D eigenvalue weighted by atomic mass is 10.1. The molecule has 1 aromatic heterocycles. The maximum absolute atomic E-state index is 12.9. The number of aromatic amines is 1. The summed E-state index contributed by atoms with van der Waals surface area (Å²) in [7, 11) is -4.25. The second-order valence-electron chi connectivity index (χ2n) is 9.65. The number of aryl methyl sites for hydroxylation is 1. The molecule has 42 heavy (non-hydrogen) atoms. The first kappa shape index (κ1) is 31.3. The zero-order chi connectivity index (χ0) is 30.3. The molecule has 5 N–H and O–H groups in total. The number of aromatic nitrogens is 2. The first-order valence-corrected chi connectivity index (χ1v) is 15.3. The number of amides is 1. The van der Waals surface area contributed by atoms with Gasteiger partial charge in [0.1, 0.15) is 17.9 Å². The van der Waals surface area contributed by atoms with Crippen LogP contribution in [0.4, 0.5) is 5.95 Å². The highest BCUT2D eigenvalue weighted by molar-refractivity contribution is 7.89. The summed E-state index contributed by atoms with van der Waals surface area (Å²) in [5, 5.41) is 19.8. The number of nitrogens with one attached hydrogen (secondary N) is 4. The summed E-state index contributed by atoms with van der Waals surface area (Å²) in [6.07, 6.45) is 4.11. The third-order valence-corrected chi connectivity index (χ3v) is 8.54. The Bertz CT molecular complexity index is 1540. The van der Waals surface area contributed by atoms with Gasteiger partial charge in [0.2, 0.25) is 10.0 Å². The van der Waals surface area contributed by atoms with E-state index in [9.17, 15) is 23.1 Å². The van der Waals surface area contributed by atoms with E-state index < -0.39 is 34.5 Å². The van der Waals surface area contributed by atoms with Crippen molar-refractivity contribution in [3.63, 3.8) is 0 Å². The van der Waals surface area contributed by atoms with Gasteiger partial charge in [0.15, 0.2) is 5.95 Å². The van der Waals surface area contributed by atoms with Gasteiger partial charge in [0.25, 0.3) is 5.91 Å². The zero-order valence-corrected chi connectivity index (χ0v) is 24.9. The van der Waals surface area contributed by atoms with Crippen molar-refractivity contribution in [1.29, 1.82) is 0 Å². The topological polar surface area (TPSA) is 175 Å². The van der Waals surface area contributed by atoms with Crippen molar-refractivity contribution in [2.75, 3.05) is 18.4 Å². The third-order valence-electron chi connectivity index (χ3n) is 6.42. The fourth-order valence-electron chi connectivity index (χ4n) is 4.23. The number of carboxylic acid groups (broad SMARTS) is 1. The molecular formula is C27H30Cl2N6O6S. The highest BCUT2D eigenvalue weighted by atomic mass is 35.5. The maximum atomic E-state index is 12.9. The first-order valence-electron chi connectivity index (χ1n) is 13.1. The number of oxime groups is 1. The van der Waals surface area contributed by atoms with Crippen LogP contribution >= 0.6 is 23.2 Å². The van der Waals surface area contributed by atoms with E-state index in [4.69, 9.17) is 28.0 Å². The smallest absolute Gasteiger partial charge is 0.323 e. The second kappa shape index (κ2) is 14.0. The van der Waals surface area contributed by atoms with Gasteiger partial charge in [-0.05, 0) is 56.0 Å². The van der Waals surface area contributed by atoms with Crippen LogP contribution < -0.4 is 15.4 Å². The largest absolute Gasteiger partial charge is 0.480 e. The van der Waals surface area contributed by atoms with Crippen LogP contribution in [-0.4, -0.2) is 66.3 Å². The summed E-state index contributed by atoms with van der Waals surface area (Å²) >= 11 is 12.5. The lowest BCUT2D eigenvalue weighted by Gasteiger charge is -2.16. The van der Waals surface area contributed by atoms with Gasteiger partial charge in [0, 0.05) is 47.0 Å². The number of anilines is 1. The molecule has 1 aliphatic rings. The fourth-order valence-corrected chi connectivity index (χ4v) is 6.03. The molecule has 0 fully saturated rings. The molecule has 0 spiro atoms. The number of carbonyl (C=O) groups excluding carboxylic acids is 1. The van der Waals surface area contributed by atoms with E-state index in [-0.39, 0.29) is 23.1 Å². The third kappa shape index (κ3) is 8.22. The number of hydrogen-bond acceptors (Lipinski definition) is 8. The minimum atomic E-state index is -4.25. The van der Waals surface area contributed by atoms with Crippen molar-refractivity contribution in [3.8, 4) is 11.1 Å². The highest BCUT2D eigenvalue weighted by Gasteiger charge is 2.29. The molecule has 3 aromatic rings. The average Bonchev–Trinajstić information content (AvgIpc) is 3.59. The van der Waals surface area contributed by atoms with E-state index in [1.54, 1.807) is 24.4 Å². The molecule has 4 rings (SSSR count). The number of hydrogen-bond donors (Lipinski definition) is 5. The molecule has 224 valence electrons. The summed E-state index contributed by atoms with van der Waals surface area (Å²) < 4.78 is 27.9. The Morgan fingerprint density at radius 1 is 1.14 bits per heavy atom. The normalized spacial score (nSPS) is 15.5. The molecule has 0 aliphatic carbocycles. The summed E-state index contributed by atoms with van der Waals surface area (Å²) in [6, 6.07) is 9.05. The van der Waals surface area contributed by atoms with Crippen LogP contribution in [0.1, 0.15) is 31.4 Å². The number of unbranched alkanes of at least 4 members (excludes halogenated alkanes) is 1. The molecule has 0 saturated heterocycles. The molecule has 12 nitrogen and oxygen atoms in total. The minimum Gasteiger partial charge on any atom is -0.480 e. The number of imidazole rings is 1. The number of sulfonamides is 1. The van der Waals surface area contributed by atoms with Crippen molar-refractivity contribution >= 4 is 56.8 Å². The van der Waals surface area contributed by atoms with Gasteiger partial charge in [-0.25, -0.2) is 13.4 Å². The fraction of sp³-hybridized carbons (Fsp3) is 0.333. The molecule has 2 aromatic carbocycles. The molecule has 15 heteroatoms.